The van der Waals surface area contributed by atoms with Crippen LogP contribution < -0.4 is 4.90 Å². The van der Waals surface area contributed by atoms with Gasteiger partial charge in [-0.05, 0) is 13.8 Å². The lowest BCUT2D eigenvalue weighted by atomic mass is 9.79. The zero-order valence-corrected chi connectivity index (χ0v) is 10.4. The summed E-state index contributed by atoms with van der Waals surface area (Å²) in [5, 5.41) is 10.4. The Morgan fingerprint density at radius 2 is 1.81 bits per heavy atom. The highest BCUT2D eigenvalue weighted by Crippen LogP contribution is 2.40. The predicted octanol–water partition coefficient (Wildman–Crippen LogP) is 1.38. The maximum absolute atomic E-state index is 10.4. The number of anilines is 1. The maximum Gasteiger partial charge on any atom is 0.150 e. The Morgan fingerprint density at radius 3 is 2.31 bits per heavy atom. The molecule has 1 aliphatic rings. The van der Waals surface area contributed by atoms with Crippen molar-refractivity contribution in [2.45, 2.75) is 33.3 Å². The topological polar surface area (TPSA) is 49.2 Å². The van der Waals surface area contributed by atoms with Crippen molar-refractivity contribution in [3.63, 3.8) is 0 Å². The van der Waals surface area contributed by atoms with E-state index in [9.17, 15) is 5.11 Å². The molecule has 0 aliphatic carbocycles. The number of hydrogen-bond donors (Lipinski definition) is 1. The predicted molar refractivity (Wildman–Crippen MR) is 63.4 cm³/mol. The molecule has 4 nitrogen and oxygen atoms in total. The highest BCUT2D eigenvalue weighted by Gasteiger charge is 2.48. The quantitative estimate of drug-likeness (QED) is 0.778. The van der Waals surface area contributed by atoms with E-state index in [1.165, 1.54) is 0 Å². The van der Waals surface area contributed by atoms with Crippen LogP contribution in [0.4, 0.5) is 5.82 Å². The molecule has 0 radical (unpaired) electrons. The minimum absolute atomic E-state index is 0.128. The second-order valence-corrected chi connectivity index (χ2v) is 5.48. The highest BCUT2D eigenvalue weighted by molar-refractivity contribution is 5.45. The Labute approximate surface area is 96.3 Å². The van der Waals surface area contributed by atoms with E-state index in [1.807, 2.05) is 13.8 Å². The van der Waals surface area contributed by atoms with Gasteiger partial charge in [0.05, 0.1) is 11.3 Å². The van der Waals surface area contributed by atoms with Gasteiger partial charge in [-0.3, -0.25) is 4.98 Å². The van der Waals surface area contributed by atoms with Gasteiger partial charge in [0.25, 0.3) is 0 Å². The van der Waals surface area contributed by atoms with Crippen LogP contribution in [0.5, 0.6) is 0 Å². The van der Waals surface area contributed by atoms with E-state index in [2.05, 4.69) is 28.7 Å². The molecule has 4 heteroatoms. The largest absolute Gasteiger partial charge is 0.388 e. The van der Waals surface area contributed by atoms with Crippen LogP contribution >= 0.6 is 0 Å². The molecule has 0 spiro atoms. The lowest BCUT2D eigenvalue weighted by Crippen LogP contribution is -2.40. The Morgan fingerprint density at radius 1 is 1.19 bits per heavy atom. The summed E-state index contributed by atoms with van der Waals surface area (Å²) < 4.78 is 0. The lowest BCUT2D eigenvalue weighted by Gasteiger charge is -2.30. The maximum atomic E-state index is 10.4. The number of aromatic nitrogens is 2. The fourth-order valence-electron chi connectivity index (χ4n) is 2.15. The van der Waals surface area contributed by atoms with Crippen LogP contribution in [0.25, 0.3) is 0 Å². The SMILES string of the molecule is Cc1nccnc1N1CC(C)(C)[C@@](C)(O)C1. The number of β-amino-alcohol motifs (C(OH)–C–C–N with tert-alkyl or cyclic N) is 1. The zero-order valence-electron chi connectivity index (χ0n) is 10.4. The molecule has 0 saturated carbocycles. The highest BCUT2D eigenvalue weighted by atomic mass is 16.3. The first-order valence-corrected chi connectivity index (χ1v) is 5.58. The molecule has 0 bridgehead atoms. The van der Waals surface area contributed by atoms with Crippen LogP contribution in [0, 0.1) is 12.3 Å². The summed E-state index contributed by atoms with van der Waals surface area (Å²) in [4.78, 5) is 10.7. The molecule has 88 valence electrons. The summed E-state index contributed by atoms with van der Waals surface area (Å²) in [6.07, 6.45) is 3.39. The summed E-state index contributed by atoms with van der Waals surface area (Å²) >= 11 is 0. The molecule has 2 rings (SSSR count). The van der Waals surface area contributed by atoms with Crippen LogP contribution in [-0.4, -0.2) is 33.8 Å². The molecule has 1 aromatic heterocycles. The summed E-state index contributed by atoms with van der Waals surface area (Å²) in [6, 6.07) is 0. The van der Waals surface area contributed by atoms with Gasteiger partial charge in [0.1, 0.15) is 5.82 Å². The van der Waals surface area contributed by atoms with Gasteiger partial charge < -0.3 is 10.0 Å². The molecule has 1 saturated heterocycles. The van der Waals surface area contributed by atoms with Crippen LogP contribution in [0.15, 0.2) is 12.4 Å². The monoisotopic (exact) mass is 221 g/mol. The summed E-state index contributed by atoms with van der Waals surface area (Å²) in [6.45, 7) is 9.41. The van der Waals surface area contributed by atoms with Gasteiger partial charge in [-0.15, -0.1) is 0 Å². The molecular weight excluding hydrogens is 202 g/mol. The molecule has 16 heavy (non-hydrogen) atoms. The van der Waals surface area contributed by atoms with Crippen molar-refractivity contribution in [3.05, 3.63) is 18.1 Å². The summed E-state index contributed by atoms with van der Waals surface area (Å²) in [5.74, 6) is 0.883. The van der Waals surface area contributed by atoms with Gasteiger partial charge in [0, 0.05) is 30.9 Å². The average Bonchev–Trinajstić information content (AvgIpc) is 2.36. The van der Waals surface area contributed by atoms with Gasteiger partial charge in [0.2, 0.25) is 0 Å². The summed E-state index contributed by atoms with van der Waals surface area (Å²) in [5.41, 5.74) is 0.101. The third kappa shape index (κ3) is 1.67. The fourth-order valence-corrected chi connectivity index (χ4v) is 2.15. The first kappa shape index (κ1) is 11.3. The van der Waals surface area contributed by atoms with E-state index < -0.39 is 5.60 Å². The van der Waals surface area contributed by atoms with E-state index in [0.717, 1.165) is 18.1 Å². The molecule has 0 amide bonds. The molecule has 1 fully saturated rings. The average molecular weight is 221 g/mol. The molecule has 1 aromatic rings. The second kappa shape index (κ2) is 3.42. The zero-order chi connectivity index (χ0) is 12.0. The molecule has 0 unspecified atom stereocenters. The van der Waals surface area contributed by atoms with E-state index in [0.29, 0.717) is 6.54 Å². The number of aryl methyl sites for hydroxylation is 1. The van der Waals surface area contributed by atoms with E-state index >= 15 is 0 Å². The molecule has 1 N–H and O–H groups in total. The Balaban J connectivity index is 2.31. The smallest absolute Gasteiger partial charge is 0.150 e. The first-order chi connectivity index (χ1) is 7.33. The standard InChI is InChI=1S/C12H19N3O/c1-9-10(14-6-5-13-9)15-7-11(2,3)12(4,16)8-15/h5-6,16H,7-8H2,1-4H3/t12-/m0/s1. The number of nitrogens with zero attached hydrogens (tertiary/aromatic N) is 3. The van der Waals surface area contributed by atoms with E-state index in [-0.39, 0.29) is 5.41 Å². The molecule has 1 atom stereocenters. The van der Waals surface area contributed by atoms with Crippen molar-refractivity contribution >= 4 is 5.82 Å². The second-order valence-electron chi connectivity index (χ2n) is 5.48. The van der Waals surface area contributed by atoms with Gasteiger partial charge in [-0.1, -0.05) is 13.8 Å². The van der Waals surface area contributed by atoms with Crippen LogP contribution in [-0.2, 0) is 0 Å². The van der Waals surface area contributed by atoms with Gasteiger partial charge >= 0.3 is 0 Å². The minimum atomic E-state index is -0.684. The van der Waals surface area contributed by atoms with Gasteiger partial charge in [-0.2, -0.15) is 0 Å². The van der Waals surface area contributed by atoms with Crippen molar-refractivity contribution in [1.82, 2.24) is 9.97 Å². The minimum Gasteiger partial charge on any atom is -0.388 e. The summed E-state index contributed by atoms with van der Waals surface area (Å²) in [7, 11) is 0. The lowest BCUT2D eigenvalue weighted by molar-refractivity contribution is -0.00891. The van der Waals surface area contributed by atoms with Crippen molar-refractivity contribution in [2.24, 2.45) is 5.41 Å². The van der Waals surface area contributed by atoms with Crippen LogP contribution in [0.3, 0.4) is 0 Å². The Bertz CT molecular complexity index is 385. The van der Waals surface area contributed by atoms with Crippen LogP contribution in [0.2, 0.25) is 0 Å². The van der Waals surface area contributed by atoms with E-state index in [4.69, 9.17) is 0 Å². The molecule has 1 aliphatic heterocycles. The van der Waals surface area contributed by atoms with E-state index in [1.54, 1.807) is 12.4 Å². The molecular formula is C12H19N3O. The number of aliphatic hydroxyl groups is 1. The molecule has 2 heterocycles. The third-order valence-corrected chi connectivity index (χ3v) is 3.70. The van der Waals surface area contributed by atoms with Crippen molar-refractivity contribution in [1.29, 1.82) is 0 Å². The van der Waals surface area contributed by atoms with Gasteiger partial charge in [0.15, 0.2) is 0 Å². The first-order valence-electron chi connectivity index (χ1n) is 5.58. The van der Waals surface area contributed by atoms with Crippen LogP contribution in [0.1, 0.15) is 26.5 Å². The fraction of sp³-hybridized carbons (Fsp3) is 0.667. The van der Waals surface area contributed by atoms with Crippen molar-refractivity contribution in [3.8, 4) is 0 Å². The Hall–Kier alpha value is -1.16. The van der Waals surface area contributed by atoms with Crippen molar-refractivity contribution in [2.75, 3.05) is 18.0 Å². The normalized spacial score (nSPS) is 28.4. The third-order valence-electron chi connectivity index (χ3n) is 3.70. The molecule has 0 aromatic carbocycles. The number of hydrogen-bond acceptors (Lipinski definition) is 4. The van der Waals surface area contributed by atoms with Gasteiger partial charge in [-0.25, -0.2) is 4.98 Å². The Kier molecular flexibility index (Phi) is 2.42. The number of rotatable bonds is 1. The van der Waals surface area contributed by atoms with Crippen molar-refractivity contribution < 1.29 is 5.11 Å².